The monoisotopic (exact) mass is 367 g/mol. The number of nitriles is 1. The van der Waals surface area contributed by atoms with Gasteiger partial charge in [0.05, 0.1) is 18.7 Å². The number of nitrogens with one attached hydrogen (secondary N) is 1. The first-order valence-electron chi connectivity index (χ1n) is 8.24. The molecule has 2 aromatic carbocycles. The lowest BCUT2D eigenvalue weighted by Crippen LogP contribution is -2.26. The lowest BCUT2D eigenvalue weighted by Gasteiger charge is -2.18. The van der Waals surface area contributed by atoms with Gasteiger partial charge in [-0.1, -0.05) is 12.1 Å². The Balaban J connectivity index is 2.10. The van der Waals surface area contributed by atoms with Gasteiger partial charge in [-0.25, -0.2) is 0 Å². The molecule has 2 aromatic rings. The van der Waals surface area contributed by atoms with Crippen LogP contribution in [0.3, 0.4) is 0 Å². The fraction of sp³-hybridized carbons (Fsp3) is 0.250. The summed E-state index contributed by atoms with van der Waals surface area (Å²) in [4.78, 5) is 25.6. The van der Waals surface area contributed by atoms with Crippen molar-refractivity contribution in [2.45, 2.75) is 6.54 Å². The summed E-state index contributed by atoms with van der Waals surface area (Å²) >= 11 is 0. The number of hydrogen-bond donors (Lipinski definition) is 1. The van der Waals surface area contributed by atoms with Crippen LogP contribution in [0, 0.1) is 11.3 Å². The summed E-state index contributed by atoms with van der Waals surface area (Å²) in [6.45, 7) is 0.264. The van der Waals surface area contributed by atoms with Gasteiger partial charge in [0, 0.05) is 26.2 Å². The minimum absolute atomic E-state index is 0.140. The average molecular weight is 367 g/mol. The zero-order valence-electron chi connectivity index (χ0n) is 15.5. The van der Waals surface area contributed by atoms with Crippen LogP contribution in [0.15, 0.2) is 42.5 Å². The second kappa shape index (κ2) is 9.25. The summed E-state index contributed by atoms with van der Waals surface area (Å²) < 4.78 is 10.7. The number of carbonyl (C=O) groups is 2. The van der Waals surface area contributed by atoms with E-state index in [1.807, 2.05) is 12.1 Å². The molecule has 0 fully saturated rings. The maximum absolute atomic E-state index is 12.7. The molecule has 7 heteroatoms. The number of rotatable bonds is 7. The Kier molecular flexibility index (Phi) is 6.78. The Morgan fingerprint density at radius 3 is 2.44 bits per heavy atom. The van der Waals surface area contributed by atoms with E-state index in [2.05, 4.69) is 11.4 Å². The van der Waals surface area contributed by atoms with Crippen LogP contribution in [0.5, 0.6) is 11.5 Å². The van der Waals surface area contributed by atoms with E-state index in [-0.39, 0.29) is 18.4 Å². The van der Waals surface area contributed by atoms with Gasteiger partial charge in [-0.15, -0.1) is 0 Å². The zero-order chi connectivity index (χ0) is 19.8. The highest BCUT2D eigenvalue weighted by molar-refractivity contribution is 5.94. The van der Waals surface area contributed by atoms with E-state index in [1.165, 1.54) is 14.2 Å². The van der Waals surface area contributed by atoms with E-state index in [4.69, 9.17) is 14.7 Å². The van der Waals surface area contributed by atoms with E-state index in [9.17, 15) is 9.59 Å². The van der Waals surface area contributed by atoms with Gasteiger partial charge >= 0.3 is 0 Å². The van der Waals surface area contributed by atoms with Gasteiger partial charge in [-0.3, -0.25) is 9.59 Å². The van der Waals surface area contributed by atoms with Gasteiger partial charge in [0.2, 0.25) is 0 Å². The number of methoxy groups -OCH3 is 1. The average Bonchev–Trinajstić information content (AvgIpc) is 2.71. The molecular weight excluding hydrogens is 346 g/mol. The van der Waals surface area contributed by atoms with Gasteiger partial charge < -0.3 is 19.7 Å². The SMILES string of the molecule is CNC(=O)COc1ccc(C(=O)N(C)Cc2ccc(C#N)cc2)cc1OC. The number of hydrogen-bond acceptors (Lipinski definition) is 5. The van der Waals surface area contributed by atoms with Crippen molar-refractivity contribution in [1.82, 2.24) is 10.2 Å². The van der Waals surface area contributed by atoms with Crippen LogP contribution in [0.1, 0.15) is 21.5 Å². The standard InChI is InChI=1S/C20H21N3O4/c1-22-19(24)13-27-17-9-8-16(10-18(17)26-3)20(25)23(2)12-15-6-4-14(11-21)5-7-15/h4-10H,12-13H2,1-3H3,(H,22,24). The molecule has 140 valence electrons. The first-order valence-corrected chi connectivity index (χ1v) is 8.24. The summed E-state index contributed by atoms with van der Waals surface area (Å²) in [5, 5.41) is 11.3. The number of amides is 2. The first kappa shape index (κ1) is 19.8. The van der Waals surface area contributed by atoms with Crippen LogP contribution in [0.2, 0.25) is 0 Å². The maximum atomic E-state index is 12.7. The van der Waals surface area contributed by atoms with Crippen LogP contribution in [0.25, 0.3) is 0 Å². The molecule has 2 rings (SSSR count). The maximum Gasteiger partial charge on any atom is 0.257 e. The molecule has 0 aliphatic rings. The van der Waals surface area contributed by atoms with Crippen molar-refractivity contribution >= 4 is 11.8 Å². The molecule has 0 radical (unpaired) electrons. The predicted molar refractivity (Wildman–Crippen MR) is 99.5 cm³/mol. The van der Waals surface area contributed by atoms with Crippen LogP contribution in [-0.2, 0) is 11.3 Å². The third kappa shape index (κ3) is 5.22. The summed E-state index contributed by atoms with van der Waals surface area (Å²) in [5.74, 6) is 0.304. The molecule has 0 unspecified atom stereocenters. The summed E-state index contributed by atoms with van der Waals surface area (Å²) in [6, 6.07) is 13.9. The Hall–Kier alpha value is -3.53. The van der Waals surface area contributed by atoms with E-state index in [1.54, 1.807) is 42.3 Å². The van der Waals surface area contributed by atoms with E-state index in [0.717, 1.165) is 5.56 Å². The molecular formula is C20H21N3O4. The smallest absolute Gasteiger partial charge is 0.257 e. The van der Waals surface area contributed by atoms with Gasteiger partial charge in [-0.2, -0.15) is 5.26 Å². The second-order valence-electron chi connectivity index (χ2n) is 5.80. The van der Waals surface area contributed by atoms with Crippen molar-refractivity contribution in [2.24, 2.45) is 0 Å². The molecule has 27 heavy (non-hydrogen) atoms. The van der Waals surface area contributed by atoms with Crippen molar-refractivity contribution in [3.05, 3.63) is 59.2 Å². The van der Waals surface area contributed by atoms with Crippen LogP contribution in [0.4, 0.5) is 0 Å². The summed E-state index contributed by atoms with van der Waals surface area (Å²) in [7, 11) is 4.69. The molecule has 2 amide bonds. The number of benzene rings is 2. The quantitative estimate of drug-likeness (QED) is 0.808. The van der Waals surface area contributed by atoms with Crippen molar-refractivity contribution in [3.63, 3.8) is 0 Å². The highest BCUT2D eigenvalue weighted by Crippen LogP contribution is 2.28. The molecule has 0 aliphatic heterocycles. The van der Waals surface area contributed by atoms with Crippen molar-refractivity contribution in [2.75, 3.05) is 27.8 Å². The first-order chi connectivity index (χ1) is 13.0. The second-order valence-corrected chi connectivity index (χ2v) is 5.80. The molecule has 0 saturated carbocycles. The van der Waals surface area contributed by atoms with Crippen LogP contribution in [-0.4, -0.2) is 44.5 Å². The summed E-state index contributed by atoms with van der Waals surface area (Å²) in [5.41, 5.74) is 1.93. The highest BCUT2D eigenvalue weighted by Gasteiger charge is 2.16. The minimum Gasteiger partial charge on any atom is -0.493 e. The van der Waals surface area contributed by atoms with Gasteiger partial charge in [0.25, 0.3) is 11.8 Å². The third-order valence-electron chi connectivity index (χ3n) is 3.90. The lowest BCUT2D eigenvalue weighted by molar-refractivity contribution is -0.122. The van der Waals surface area contributed by atoms with E-state index < -0.39 is 0 Å². The van der Waals surface area contributed by atoms with Crippen LogP contribution < -0.4 is 14.8 Å². The molecule has 0 atom stereocenters. The molecule has 0 bridgehead atoms. The molecule has 0 spiro atoms. The molecule has 0 aromatic heterocycles. The van der Waals surface area contributed by atoms with Crippen molar-refractivity contribution in [3.8, 4) is 17.6 Å². The molecule has 0 heterocycles. The van der Waals surface area contributed by atoms with Crippen LogP contribution >= 0.6 is 0 Å². The molecule has 0 aliphatic carbocycles. The Morgan fingerprint density at radius 2 is 1.85 bits per heavy atom. The molecule has 0 saturated heterocycles. The number of likely N-dealkylation sites (N-methyl/N-ethyl adjacent to an activating group) is 1. The number of nitrogens with zero attached hydrogens (tertiary/aromatic N) is 2. The minimum atomic E-state index is -0.264. The number of ether oxygens (including phenoxy) is 2. The normalized spacial score (nSPS) is 9.85. The van der Waals surface area contributed by atoms with Gasteiger partial charge in [0.1, 0.15) is 0 Å². The number of carbonyl (C=O) groups excluding carboxylic acids is 2. The Morgan fingerprint density at radius 1 is 1.15 bits per heavy atom. The van der Waals surface area contributed by atoms with Crippen molar-refractivity contribution < 1.29 is 19.1 Å². The summed E-state index contributed by atoms with van der Waals surface area (Å²) in [6.07, 6.45) is 0. The fourth-order valence-electron chi connectivity index (χ4n) is 2.39. The van der Waals surface area contributed by atoms with E-state index in [0.29, 0.717) is 29.2 Å². The van der Waals surface area contributed by atoms with Gasteiger partial charge in [-0.05, 0) is 35.9 Å². The zero-order valence-corrected chi connectivity index (χ0v) is 15.5. The third-order valence-corrected chi connectivity index (χ3v) is 3.90. The van der Waals surface area contributed by atoms with E-state index >= 15 is 0 Å². The van der Waals surface area contributed by atoms with Crippen molar-refractivity contribution in [1.29, 1.82) is 5.26 Å². The molecule has 7 nitrogen and oxygen atoms in total. The molecule has 1 N–H and O–H groups in total. The predicted octanol–water partition coefficient (Wildman–Crippen LogP) is 1.96. The fourth-order valence-corrected chi connectivity index (χ4v) is 2.39. The Bertz CT molecular complexity index is 857. The topological polar surface area (TPSA) is 91.7 Å². The largest absolute Gasteiger partial charge is 0.493 e. The lowest BCUT2D eigenvalue weighted by atomic mass is 10.1. The highest BCUT2D eigenvalue weighted by atomic mass is 16.5. The van der Waals surface area contributed by atoms with Gasteiger partial charge in [0.15, 0.2) is 18.1 Å². The Labute approximate surface area is 158 Å².